The van der Waals surface area contributed by atoms with Crippen molar-refractivity contribution in [3.8, 4) is 0 Å². The minimum Gasteiger partial charge on any atom is -0.480 e. The van der Waals surface area contributed by atoms with Gasteiger partial charge in [0.1, 0.15) is 6.04 Å². The molecule has 1 N–H and O–H groups in total. The quantitative estimate of drug-likeness (QED) is 0.923. The molecular formula is C17H25N3O3. The average molecular weight is 319 g/mol. The Hall–Kier alpha value is -1.85. The van der Waals surface area contributed by atoms with E-state index >= 15 is 0 Å². The molecule has 1 aliphatic heterocycles. The van der Waals surface area contributed by atoms with Gasteiger partial charge < -0.3 is 10.0 Å². The number of amides is 1. The van der Waals surface area contributed by atoms with Crippen molar-refractivity contribution in [1.29, 1.82) is 0 Å². The Morgan fingerprint density at radius 1 is 1.39 bits per heavy atom. The molecule has 2 heterocycles. The number of aryl methyl sites for hydroxylation is 2. The molecule has 6 nitrogen and oxygen atoms in total. The summed E-state index contributed by atoms with van der Waals surface area (Å²) in [7, 11) is 0. The molecule has 1 aliphatic carbocycles. The summed E-state index contributed by atoms with van der Waals surface area (Å²) in [6.45, 7) is 6.47. The van der Waals surface area contributed by atoms with Gasteiger partial charge in [-0.3, -0.25) is 9.48 Å². The SMILES string of the molecule is Cc1cc(C)n([C@H](C)CC(=O)N2C[C@@H]3CCC[C@H]3[C@H]2C(=O)O)n1. The van der Waals surface area contributed by atoms with E-state index in [4.69, 9.17) is 0 Å². The van der Waals surface area contributed by atoms with Gasteiger partial charge in [-0.15, -0.1) is 0 Å². The Kier molecular flexibility index (Phi) is 4.17. The first kappa shape index (κ1) is 16.0. The van der Waals surface area contributed by atoms with E-state index in [0.717, 1.165) is 30.7 Å². The molecule has 1 saturated carbocycles. The van der Waals surface area contributed by atoms with Crippen molar-refractivity contribution >= 4 is 11.9 Å². The maximum absolute atomic E-state index is 12.7. The lowest BCUT2D eigenvalue weighted by molar-refractivity contribution is -0.150. The Balaban J connectivity index is 1.72. The van der Waals surface area contributed by atoms with Gasteiger partial charge in [0.2, 0.25) is 5.91 Å². The van der Waals surface area contributed by atoms with Gasteiger partial charge in [-0.1, -0.05) is 6.42 Å². The fraction of sp³-hybridized carbons (Fsp3) is 0.706. The number of hydrogen-bond donors (Lipinski definition) is 1. The smallest absolute Gasteiger partial charge is 0.326 e. The number of likely N-dealkylation sites (tertiary alicyclic amines) is 1. The van der Waals surface area contributed by atoms with Crippen LogP contribution in [0.15, 0.2) is 6.07 Å². The van der Waals surface area contributed by atoms with Crippen molar-refractivity contribution in [2.75, 3.05) is 6.54 Å². The molecule has 126 valence electrons. The van der Waals surface area contributed by atoms with Gasteiger partial charge in [0, 0.05) is 18.7 Å². The van der Waals surface area contributed by atoms with Crippen molar-refractivity contribution in [3.63, 3.8) is 0 Å². The van der Waals surface area contributed by atoms with Crippen LogP contribution in [-0.2, 0) is 9.59 Å². The summed E-state index contributed by atoms with van der Waals surface area (Å²) in [5, 5.41) is 14.0. The lowest BCUT2D eigenvalue weighted by Gasteiger charge is -2.26. The Bertz CT molecular complexity index is 625. The van der Waals surface area contributed by atoms with Gasteiger partial charge in [0.25, 0.3) is 0 Å². The van der Waals surface area contributed by atoms with Crippen molar-refractivity contribution in [1.82, 2.24) is 14.7 Å². The van der Waals surface area contributed by atoms with Crippen LogP contribution in [0.3, 0.4) is 0 Å². The standard InChI is InChI=1S/C17H25N3O3/c1-10-7-11(2)20(18-10)12(3)8-15(21)19-9-13-5-4-6-14(13)16(19)17(22)23/h7,12-14,16H,4-6,8-9H2,1-3H3,(H,22,23)/t12-,13+,14-,16+/m1/s1. The van der Waals surface area contributed by atoms with Gasteiger partial charge in [-0.2, -0.15) is 5.10 Å². The number of carbonyl (C=O) groups is 2. The van der Waals surface area contributed by atoms with Crippen molar-refractivity contribution in [3.05, 3.63) is 17.5 Å². The largest absolute Gasteiger partial charge is 0.480 e. The van der Waals surface area contributed by atoms with Gasteiger partial charge in [0.05, 0.1) is 11.7 Å². The Morgan fingerprint density at radius 2 is 2.13 bits per heavy atom. The predicted molar refractivity (Wildman–Crippen MR) is 85.0 cm³/mol. The summed E-state index contributed by atoms with van der Waals surface area (Å²) >= 11 is 0. The number of carbonyl (C=O) groups excluding carboxylic acids is 1. The van der Waals surface area contributed by atoms with Crippen LogP contribution in [0.5, 0.6) is 0 Å². The first-order chi connectivity index (χ1) is 10.9. The van der Waals surface area contributed by atoms with E-state index in [9.17, 15) is 14.7 Å². The van der Waals surface area contributed by atoms with Gasteiger partial charge in [-0.05, 0) is 51.5 Å². The molecule has 0 spiro atoms. The maximum atomic E-state index is 12.7. The minimum atomic E-state index is -0.855. The summed E-state index contributed by atoms with van der Waals surface area (Å²) in [6, 6.07) is 1.29. The molecule has 0 aromatic carbocycles. The highest BCUT2D eigenvalue weighted by atomic mass is 16.4. The second-order valence-electron chi connectivity index (χ2n) is 7.11. The maximum Gasteiger partial charge on any atom is 0.326 e. The Morgan fingerprint density at radius 3 is 2.74 bits per heavy atom. The number of rotatable bonds is 4. The highest BCUT2D eigenvalue weighted by molar-refractivity contribution is 5.85. The number of carboxylic acids is 1. The van der Waals surface area contributed by atoms with Crippen LogP contribution in [0, 0.1) is 25.7 Å². The Labute approximate surface area is 136 Å². The zero-order chi connectivity index (χ0) is 16.7. The molecule has 3 rings (SSSR count). The van der Waals surface area contributed by atoms with Gasteiger partial charge >= 0.3 is 5.97 Å². The normalized spacial score (nSPS) is 28.0. The first-order valence-corrected chi connectivity index (χ1v) is 8.43. The zero-order valence-corrected chi connectivity index (χ0v) is 14.0. The summed E-state index contributed by atoms with van der Waals surface area (Å²) in [4.78, 5) is 26.0. The van der Waals surface area contributed by atoms with Crippen LogP contribution >= 0.6 is 0 Å². The van der Waals surface area contributed by atoms with Crippen molar-refractivity contribution in [2.45, 2.75) is 58.5 Å². The fourth-order valence-corrected chi connectivity index (χ4v) is 4.43. The molecule has 1 aromatic heterocycles. The third kappa shape index (κ3) is 2.86. The van der Waals surface area contributed by atoms with Gasteiger partial charge in [0.15, 0.2) is 0 Å². The van der Waals surface area contributed by atoms with E-state index in [0.29, 0.717) is 18.9 Å². The topological polar surface area (TPSA) is 75.4 Å². The number of fused-ring (bicyclic) bond motifs is 1. The average Bonchev–Trinajstić information content (AvgIpc) is 3.11. The van der Waals surface area contributed by atoms with Crippen molar-refractivity contribution in [2.24, 2.45) is 11.8 Å². The molecule has 23 heavy (non-hydrogen) atoms. The molecule has 1 aromatic rings. The first-order valence-electron chi connectivity index (χ1n) is 8.43. The molecular weight excluding hydrogens is 294 g/mol. The fourth-order valence-electron chi connectivity index (χ4n) is 4.43. The third-order valence-corrected chi connectivity index (χ3v) is 5.40. The molecule has 2 fully saturated rings. The second-order valence-corrected chi connectivity index (χ2v) is 7.11. The van der Waals surface area contributed by atoms with Crippen LogP contribution < -0.4 is 0 Å². The number of aliphatic carboxylic acids is 1. The molecule has 6 heteroatoms. The van der Waals surface area contributed by atoms with Crippen molar-refractivity contribution < 1.29 is 14.7 Å². The summed E-state index contributed by atoms with van der Waals surface area (Å²) < 4.78 is 1.86. The van der Waals surface area contributed by atoms with E-state index in [1.165, 1.54) is 0 Å². The second kappa shape index (κ2) is 5.98. The number of hydrogen-bond acceptors (Lipinski definition) is 3. The summed E-state index contributed by atoms with van der Waals surface area (Å²) in [6.07, 6.45) is 3.36. The van der Waals surface area contributed by atoms with E-state index in [1.807, 2.05) is 31.5 Å². The number of carboxylic acid groups (broad SMARTS) is 1. The predicted octanol–water partition coefficient (Wildman–Crippen LogP) is 2.16. The van der Waals surface area contributed by atoms with Crippen LogP contribution in [0.4, 0.5) is 0 Å². The summed E-state index contributed by atoms with van der Waals surface area (Å²) in [5.74, 6) is -0.414. The van der Waals surface area contributed by atoms with Gasteiger partial charge in [-0.25, -0.2) is 4.79 Å². The van der Waals surface area contributed by atoms with E-state index in [-0.39, 0.29) is 17.9 Å². The molecule has 2 aliphatic rings. The van der Waals surface area contributed by atoms with Crippen LogP contribution in [0.2, 0.25) is 0 Å². The molecule has 4 atom stereocenters. The highest BCUT2D eigenvalue weighted by Gasteiger charge is 2.49. The molecule has 0 bridgehead atoms. The van der Waals surface area contributed by atoms with Crippen LogP contribution in [0.1, 0.15) is 50.0 Å². The van der Waals surface area contributed by atoms with Crippen LogP contribution in [0.25, 0.3) is 0 Å². The molecule has 0 unspecified atom stereocenters. The zero-order valence-electron chi connectivity index (χ0n) is 14.0. The lowest BCUT2D eigenvalue weighted by Crippen LogP contribution is -2.43. The third-order valence-electron chi connectivity index (χ3n) is 5.40. The monoisotopic (exact) mass is 319 g/mol. The van der Waals surface area contributed by atoms with E-state index < -0.39 is 12.0 Å². The minimum absolute atomic E-state index is 0.0631. The van der Waals surface area contributed by atoms with Crippen LogP contribution in [-0.4, -0.2) is 44.3 Å². The van der Waals surface area contributed by atoms with E-state index in [1.54, 1.807) is 4.90 Å². The molecule has 1 amide bonds. The number of aromatic nitrogens is 2. The lowest BCUT2D eigenvalue weighted by atomic mass is 9.94. The summed E-state index contributed by atoms with van der Waals surface area (Å²) in [5.41, 5.74) is 1.96. The number of nitrogens with zero attached hydrogens (tertiary/aromatic N) is 3. The molecule has 1 saturated heterocycles. The molecule has 0 radical (unpaired) electrons. The van der Waals surface area contributed by atoms with E-state index in [2.05, 4.69) is 5.10 Å². The highest BCUT2D eigenvalue weighted by Crippen LogP contribution is 2.42.